The van der Waals surface area contributed by atoms with Crippen molar-refractivity contribution >= 4 is 33.3 Å². The summed E-state index contributed by atoms with van der Waals surface area (Å²) in [6, 6.07) is 10.4. The molecule has 5 rings (SSSR count). The van der Waals surface area contributed by atoms with Gasteiger partial charge in [-0.3, -0.25) is 14.5 Å². The Bertz CT molecular complexity index is 1460. The van der Waals surface area contributed by atoms with Gasteiger partial charge in [0, 0.05) is 6.42 Å². The van der Waals surface area contributed by atoms with E-state index in [0.717, 1.165) is 40.3 Å². The zero-order valence-corrected chi connectivity index (χ0v) is 20.4. The van der Waals surface area contributed by atoms with Crippen molar-refractivity contribution in [1.82, 2.24) is 10.2 Å². The van der Waals surface area contributed by atoms with Crippen LogP contribution in [-0.4, -0.2) is 22.7 Å². The number of carbonyl (C=O) groups excluding carboxylic acids is 1. The van der Waals surface area contributed by atoms with Crippen molar-refractivity contribution in [3.8, 4) is 5.75 Å². The molecule has 0 N–H and O–H groups in total. The smallest absolute Gasteiger partial charge is 0.297 e. The first-order valence-electron chi connectivity index (χ1n) is 11.4. The lowest BCUT2D eigenvalue weighted by atomic mass is 9.97. The van der Waals surface area contributed by atoms with Gasteiger partial charge in [0.1, 0.15) is 16.3 Å². The fourth-order valence-electron chi connectivity index (χ4n) is 4.31. The highest BCUT2D eigenvalue weighted by atomic mass is 32.1. The van der Waals surface area contributed by atoms with Crippen LogP contribution in [0.3, 0.4) is 0 Å². The molecular formula is C26H25N3O4S. The number of nitrogens with zero attached hydrogens (tertiary/aromatic N) is 3. The number of rotatable bonds is 6. The molecule has 1 unspecified atom stereocenters. The van der Waals surface area contributed by atoms with Gasteiger partial charge in [0.25, 0.3) is 5.91 Å². The highest BCUT2D eigenvalue weighted by Crippen LogP contribution is 2.42. The first-order chi connectivity index (χ1) is 16.4. The summed E-state index contributed by atoms with van der Waals surface area (Å²) in [4.78, 5) is 29.0. The van der Waals surface area contributed by atoms with Gasteiger partial charge in [-0.2, -0.15) is 0 Å². The molecule has 2 aromatic heterocycles. The maximum atomic E-state index is 13.8. The molecule has 8 heteroatoms. The van der Waals surface area contributed by atoms with Crippen LogP contribution < -0.4 is 15.1 Å². The molecule has 34 heavy (non-hydrogen) atoms. The van der Waals surface area contributed by atoms with Crippen LogP contribution in [0.15, 0.2) is 45.6 Å². The topological polar surface area (TPSA) is 85.5 Å². The molecule has 174 valence electrons. The quantitative estimate of drug-likeness (QED) is 0.373. The number of benzene rings is 2. The summed E-state index contributed by atoms with van der Waals surface area (Å²) in [5.41, 5.74) is 3.31. The molecule has 1 atom stereocenters. The third kappa shape index (κ3) is 3.58. The maximum Gasteiger partial charge on any atom is 0.297 e. The number of aryl methyl sites for hydroxylation is 3. The molecule has 0 bridgehead atoms. The second-order valence-electron chi connectivity index (χ2n) is 8.41. The number of hydrogen-bond acceptors (Lipinski definition) is 7. The van der Waals surface area contributed by atoms with Gasteiger partial charge in [-0.25, -0.2) is 0 Å². The predicted molar refractivity (Wildman–Crippen MR) is 132 cm³/mol. The first kappa shape index (κ1) is 22.3. The summed E-state index contributed by atoms with van der Waals surface area (Å²) in [6.07, 6.45) is 1.70. The number of fused-ring (bicyclic) bond motifs is 2. The van der Waals surface area contributed by atoms with Gasteiger partial charge in [-0.05, 0) is 68.1 Å². The molecule has 4 aromatic rings. The summed E-state index contributed by atoms with van der Waals surface area (Å²) >= 11 is 1.37. The van der Waals surface area contributed by atoms with Crippen molar-refractivity contribution < 1.29 is 13.9 Å². The molecule has 0 fully saturated rings. The number of anilines is 1. The van der Waals surface area contributed by atoms with Crippen LogP contribution in [0.5, 0.6) is 5.75 Å². The fraction of sp³-hybridized carbons (Fsp3) is 0.308. The van der Waals surface area contributed by atoms with E-state index < -0.39 is 6.04 Å². The molecule has 0 aliphatic carbocycles. The van der Waals surface area contributed by atoms with E-state index in [1.807, 2.05) is 57.2 Å². The Balaban J connectivity index is 1.73. The van der Waals surface area contributed by atoms with Crippen LogP contribution in [0.2, 0.25) is 0 Å². The lowest BCUT2D eigenvalue weighted by Crippen LogP contribution is -2.29. The summed E-state index contributed by atoms with van der Waals surface area (Å²) in [5.74, 6) is 0.400. The molecule has 0 radical (unpaired) electrons. The molecule has 7 nitrogen and oxygen atoms in total. The minimum Gasteiger partial charge on any atom is -0.494 e. The van der Waals surface area contributed by atoms with E-state index in [0.29, 0.717) is 28.3 Å². The summed E-state index contributed by atoms with van der Waals surface area (Å²) in [6.45, 7) is 8.45. The van der Waals surface area contributed by atoms with Crippen molar-refractivity contribution in [3.05, 3.63) is 79.6 Å². The van der Waals surface area contributed by atoms with Crippen molar-refractivity contribution in [2.24, 2.45) is 0 Å². The molecule has 1 amide bonds. The molecule has 1 aliphatic heterocycles. The van der Waals surface area contributed by atoms with Crippen LogP contribution in [-0.2, 0) is 6.42 Å². The number of hydrogen-bond donors (Lipinski definition) is 0. The molecular weight excluding hydrogens is 450 g/mol. The van der Waals surface area contributed by atoms with Crippen molar-refractivity contribution in [3.63, 3.8) is 0 Å². The predicted octanol–water partition coefficient (Wildman–Crippen LogP) is 5.36. The normalized spacial score (nSPS) is 15.2. The van der Waals surface area contributed by atoms with E-state index in [4.69, 9.17) is 9.15 Å². The first-order valence-corrected chi connectivity index (χ1v) is 12.2. The third-order valence-corrected chi connectivity index (χ3v) is 7.10. The average molecular weight is 476 g/mol. The number of ether oxygens (including phenoxy) is 1. The molecule has 3 heterocycles. The molecule has 0 saturated heterocycles. The Morgan fingerprint density at radius 2 is 1.79 bits per heavy atom. The Kier molecular flexibility index (Phi) is 5.69. The van der Waals surface area contributed by atoms with Gasteiger partial charge >= 0.3 is 0 Å². The Morgan fingerprint density at radius 1 is 1.06 bits per heavy atom. The number of aromatic nitrogens is 2. The van der Waals surface area contributed by atoms with Gasteiger partial charge < -0.3 is 9.15 Å². The zero-order valence-electron chi connectivity index (χ0n) is 19.5. The van der Waals surface area contributed by atoms with Gasteiger partial charge in [0.05, 0.1) is 23.6 Å². The molecule has 2 aromatic carbocycles. The van der Waals surface area contributed by atoms with Gasteiger partial charge in [-0.15, -0.1) is 10.2 Å². The van der Waals surface area contributed by atoms with E-state index in [2.05, 4.69) is 17.1 Å². The van der Waals surface area contributed by atoms with Gasteiger partial charge in [0.2, 0.25) is 10.9 Å². The van der Waals surface area contributed by atoms with Crippen molar-refractivity contribution in [2.75, 3.05) is 11.5 Å². The standard InChI is InChI=1S/C26H25N3O4S/c1-5-7-20-27-28-26(34-20)29-22(16-8-10-17(11-9-16)32-6-2)21-23(30)18-12-14(3)15(4)13-19(18)33-24(21)25(29)31/h8-13,22H,5-7H2,1-4H3. The monoisotopic (exact) mass is 475 g/mol. The molecule has 0 saturated carbocycles. The van der Waals surface area contributed by atoms with Crippen LogP contribution in [0.1, 0.15) is 64.1 Å². The highest BCUT2D eigenvalue weighted by molar-refractivity contribution is 7.15. The Labute approximate surface area is 201 Å². The second kappa shape index (κ2) is 8.68. The van der Waals surface area contributed by atoms with E-state index in [1.54, 1.807) is 4.90 Å². The van der Waals surface area contributed by atoms with Crippen LogP contribution >= 0.6 is 11.3 Å². The molecule has 1 aliphatic rings. The lowest BCUT2D eigenvalue weighted by Gasteiger charge is -2.22. The number of carbonyl (C=O) groups is 1. The summed E-state index contributed by atoms with van der Waals surface area (Å²) in [5, 5.41) is 10.3. The van der Waals surface area contributed by atoms with Gasteiger partial charge in [0.15, 0.2) is 5.43 Å². The Morgan fingerprint density at radius 3 is 2.50 bits per heavy atom. The van der Waals surface area contributed by atoms with E-state index in [1.165, 1.54) is 11.3 Å². The lowest BCUT2D eigenvalue weighted by molar-refractivity contribution is 0.0970. The minimum atomic E-state index is -0.664. The van der Waals surface area contributed by atoms with Crippen LogP contribution in [0.4, 0.5) is 5.13 Å². The zero-order chi connectivity index (χ0) is 24.0. The summed E-state index contributed by atoms with van der Waals surface area (Å²) in [7, 11) is 0. The maximum absolute atomic E-state index is 13.8. The van der Waals surface area contributed by atoms with Gasteiger partial charge in [-0.1, -0.05) is 30.4 Å². The van der Waals surface area contributed by atoms with E-state index >= 15 is 0 Å². The van der Waals surface area contributed by atoms with Crippen molar-refractivity contribution in [1.29, 1.82) is 0 Å². The SMILES string of the molecule is CCCc1nnc(N2C(=O)c3oc4cc(C)c(C)cc4c(=O)c3C2c2ccc(OCC)cc2)s1. The van der Waals surface area contributed by atoms with Crippen LogP contribution in [0.25, 0.3) is 11.0 Å². The fourth-order valence-corrected chi connectivity index (χ4v) is 5.28. The Hall–Kier alpha value is -3.52. The van der Waals surface area contributed by atoms with Crippen LogP contribution in [0, 0.1) is 13.8 Å². The molecule has 0 spiro atoms. The van der Waals surface area contributed by atoms with Crippen molar-refractivity contribution in [2.45, 2.75) is 46.6 Å². The highest BCUT2D eigenvalue weighted by Gasteiger charge is 2.45. The summed E-state index contributed by atoms with van der Waals surface area (Å²) < 4.78 is 11.7. The largest absolute Gasteiger partial charge is 0.494 e. The number of amides is 1. The van der Waals surface area contributed by atoms with E-state index in [-0.39, 0.29) is 17.1 Å². The van der Waals surface area contributed by atoms with E-state index in [9.17, 15) is 9.59 Å². The average Bonchev–Trinajstić information content (AvgIpc) is 3.39. The minimum absolute atomic E-state index is 0.0619. The third-order valence-electron chi connectivity index (χ3n) is 6.12. The second-order valence-corrected chi connectivity index (χ2v) is 9.46.